The lowest BCUT2D eigenvalue weighted by Gasteiger charge is -2.26. The van der Waals surface area contributed by atoms with Gasteiger partial charge in [-0.15, -0.1) is 0 Å². The highest BCUT2D eigenvalue weighted by Gasteiger charge is 2.24. The second kappa shape index (κ2) is 10.5. The zero-order valence-electron chi connectivity index (χ0n) is 19.3. The standard InChI is InChI=1S/C26H30N4O4/c1-29-16-22(21-9-5-6-10-23(21)29)26(33)30(17-24(31)27-20-7-3-2-4-8-20)15-18-11-13-19(14-12-18)25(32)28-34/h5-6,9-14,16,20,34H,2-4,7-8,15,17H2,1H3,(H,27,31)(H,28,32). The van der Waals surface area contributed by atoms with Gasteiger partial charge in [0.05, 0.1) is 5.56 Å². The summed E-state index contributed by atoms with van der Waals surface area (Å²) in [5.41, 5.74) is 4.16. The van der Waals surface area contributed by atoms with Crippen LogP contribution in [0, 0.1) is 0 Å². The zero-order chi connectivity index (χ0) is 24.1. The molecule has 178 valence electrons. The van der Waals surface area contributed by atoms with Crippen molar-refractivity contribution in [2.75, 3.05) is 6.54 Å². The number of aryl methyl sites for hydroxylation is 1. The summed E-state index contributed by atoms with van der Waals surface area (Å²) in [6.07, 6.45) is 7.15. The summed E-state index contributed by atoms with van der Waals surface area (Å²) in [5, 5.41) is 12.8. The molecule has 0 saturated heterocycles. The van der Waals surface area contributed by atoms with Crippen molar-refractivity contribution in [1.82, 2.24) is 20.3 Å². The number of hydrogen-bond donors (Lipinski definition) is 3. The van der Waals surface area contributed by atoms with Crippen molar-refractivity contribution in [2.45, 2.75) is 44.7 Å². The van der Waals surface area contributed by atoms with E-state index in [1.165, 1.54) is 6.42 Å². The molecule has 3 aromatic rings. The van der Waals surface area contributed by atoms with Crippen LogP contribution in [0.4, 0.5) is 0 Å². The molecule has 0 radical (unpaired) electrons. The second-order valence-electron chi connectivity index (χ2n) is 8.87. The molecule has 0 atom stereocenters. The highest BCUT2D eigenvalue weighted by molar-refractivity contribution is 6.07. The van der Waals surface area contributed by atoms with Crippen LogP contribution in [-0.4, -0.2) is 45.0 Å². The van der Waals surface area contributed by atoms with E-state index in [-0.39, 0.29) is 30.9 Å². The van der Waals surface area contributed by atoms with E-state index in [1.807, 2.05) is 35.9 Å². The Balaban J connectivity index is 1.58. The Kier molecular flexibility index (Phi) is 7.27. The van der Waals surface area contributed by atoms with Crippen molar-refractivity contribution >= 4 is 28.6 Å². The molecule has 34 heavy (non-hydrogen) atoms. The topological polar surface area (TPSA) is 104 Å². The van der Waals surface area contributed by atoms with Gasteiger partial charge in [0, 0.05) is 42.3 Å². The van der Waals surface area contributed by atoms with Crippen LogP contribution in [0.15, 0.2) is 54.7 Å². The molecule has 0 unspecified atom stereocenters. The SMILES string of the molecule is Cn1cc(C(=O)N(CC(=O)NC2CCCCC2)Cc2ccc(C(=O)NO)cc2)c2ccccc21. The van der Waals surface area contributed by atoms with E-state index in [2.05, 4.69) is 5.32 Å². The van der Waals surface area contributed by atoms with Gasteiger partial charge >= 0.3 is 0 Å². The van der Waals surface area contributed by atoms with Crippen molar-refractivity contribution in [2.24, 2.45) is 7.05 Å². The Morgan fingerprint density at radius 1 is 1.03 bits per heavy atom. The maximum absolute atomic E-state index is 13.7. The molecule has 2 aromatic carbocycles. The summed E-state index contributed by atoms with van der Waals surface area (Å²) in [6, 6.07) is 14.4. The van der Waals surface area contributed by atoms with Crippen molar-refractivity contribution in [3.05, 3.63) is 71.4 Å². The Labute approximate surface area is 198 Å². The molecule has 1 aromatic heterocycles. The number of carbonyl (C=O) groups is 3. The largest absolute Gasteiger partial charge is 0.352 e. The van der Waals surface area contributed by atoms with Crippen LogP contribution in [0.1, 0.15) is 58.4 Å². The number of hydrogen-bond acceptors (Lipinski definition) is 4. The quantitative estimate of drug-likeness (QED) is 0.370. The summed E-state index contributed by atoms with van der Waals surface area (Å²) in [5.74, 6) is -1.01. The highest BCUT2D eigenvalue weighted by Crippen LogP contribution is 2.23. The average Bonchev–Trinajstić information content (AvgIpc) is 3.20. The number of rotatable bonds is 7. The normalized spacial score (nSPS) is 14.1. The summed E-state index contributed by atoms with van der Waals surface area (Å²) >= 11 is 0. The number of fused-ring (bicyclic) bond motifs is 1. The lowest BCUT2D eigenvalue weighted by Crippen LogP contribution is -2.44. The molecule has 0 bridgehead atoms. The summed E-state index contributed by atoms with van der Waals surface area (Å²) in [4.78, 5) is 39.7. The number of carbonyl (C=O) groups excluding carboxylic acids is 3. The molecule has 1 aliphatic rings. The highest BCUT2D eigenvalue weighted by atomic mass is 16.5. The summed E-state index contributed by atoms with van der Waals surface area (Å²) in [6.45, 7) is 0.151. The second-order valence-corrected chi connectivity index (χ2v) is 8.87. The van der Waals surface area contributed by atoms with Gasteiger partial charge in [0.1, 0.15) is 6.54 Å². The molecule has 0 spiro atoms. The summed E-state index contributed by atoms with van der Waals surface area (Å²) < 4.78 is 1.91. The number of nitrogens with one attached hydrogen (secondary N) is 2. The van der Waals surface area contributed by atoms with Gasteiger partial charge in [-0.2, -0.15) is 0 Å². The van der Waals surface area contributed by atoms with Gasteiger partial charge in [-0.1, -0.05) is 49.6 Å². The lowest BCUT2D eigenvalue weighted by atomic mass is 9.95. The smallest absolute Gasteiger partial charge is 0.274 e. The molecule has 0 aliphatic heterocycles. The summed E-state index contributed by atoms with van der Waals surface area (Å²) in [7, 11) is 1.89. The van der Waals surface area contributed by atoms with E-state index in [4.69, 9.17) is 5.21 Å². The predicted octanol–water partition coefficient (Wildman–Crippen LogP) is 3.39. The van der Waals surface area contributed by atoms with Crippen LogP contribution in [-0.2, 0) is 18.4 Å². The Bertz CT molecular complexity index is 1180. The fourth-order valence-electron chi connectivity index (χ4n) is 4.62. The van der Waals surface area contributed by atoms with Crippen molar-refractivity contribution in [1.29, 1.82) is 0 Å². The zero-order valence-corrected chi connectivity index (χ0v) is 19.3. The molecule has 1 aliphatic carbocycles. The Morgan fingerprint density at radius 2 is 1.74 bits per heavy atom. The van der Waals surface area contributed by atoms with Crippen LogP contribution in [0.5, 0.6) is 0 Å². The van der Waals surface area contributed by atoms with Gasteiger partial charge in [0.2, 0.25) is 5.91 Å². The fourth-order valence-corrected chi connectivity index (χ4v) is 4.62. The minimum absolute atomic E-state index is 0.0581. The molecule has 4 rings (SSSR count). The van der Waals surface area contributed by atoms with Gasteiger partial charge in [-0.05, 0) is 36.6 Å². The number of amides is 3. The van der Waals surface area contributed by atoms with Crippen LogP contribution < -0.4 is 10.8 Å². The number of aromatic nitrogens is 1. The van der Waals surface area contributed by atoms with Gasteiger partial charge < -0.3 is 14.8 Å². The van der Waals surface area contributed by atoms with Crippen LogP contribution in [0.25, 0.3) is 10.9 Å². The predicted molar refractivity (Wildman–Crippen MR) is 128 cm³/mol. The van der Waals surface area contributed by atoms with Crippen LogP contribution >= 0.6 is 0 Å². The lowest BCUT2D eigenvalue weighted by molar-refractivity contribution is -0.122. The monoisotopic (exact) mass is 462 g/mol. The molecule has 8 heteroatoms. The third-order valence-electron chi connectivity index (χ3n) is 6.41. The third-order valence-corrected chi connectivity index (χ3v) is 6.41. The fraction of sp³-hybridized carbons (Fsp3) is 0.346. The van der Waals surface area contributed by atoms with Gasteiger partial charge in [0.15, 0.2) is 0 Å². The maximum Gasteiger partial charge on any atom is 0.274 e. The Hall–Kier alpha value is -3.65. The van der Waals surface area contributed by atoms with E-state index in [0.29, 0.717) is 11.1 Å². The first-order valence-corrected chi connectivity index (χ1v) is 11.6. The first-order valence-electron chi connectivity index (χ1n) is 11.6. The van der Waals surface area contributed by atoms with E-state index in [1.54, 1.807) is 40.8 Å². The van der Waals surface area contributed by atoms with Gasteiger partial charge in [-0.25, -0.2) is 5.48 Å². The molecule has 3 N–H and O–H groups in total. The van der Waals surface area contributed by atoms with Crippen LogP contribution in [0.3, 0.4) is 0 Å². The van der Waals surface area contributed by atoms with E-state index < -0.39 is 5.91 Å². The minimum atomic E-state index is -0.609. The van der Waals surface area contributed by atoms with E-state index in [0.717, 1.165) is 42.1 Å². The molecule has 1 fully saturated rings. The first kappa shape index (κ1) is 23.5. The molecular formula is C26H30N4O4. The van der Waals surface area contributed by atoms with E-state index >= 15 is 0 Å². The third kappa shape index (κ3) is 5.28. The minimum Gasteiger partial charge on any atom is -0.352 e. The number of benzene rings is 2. The number of nitrogens with zero attached hydrogens (tertiary/aromatic N) is 2. The molecule has 3 amide bonds. The molecule has 8 nitrogen and oxygen atoms in total. The van der Waals surface area contributed by atoms with Gasteiger partial charge in [-0.3, -0.25) is 19.6 Å². The number of para-hydroxylation sites is 1. The number of hydroxylamine groups is 1. The van der Waals surface area contributed by atoms with Gasteiger partial charge in [0.25, 0.3) is 11.8 Å². The van der Waals surface area contributed by atoms with Crippen molar-refractivity contribution < 1.29 is 19.6 Å². The van der Waals surface area contributed by atoms with E-state index in [9.17, 15) is 14.4 Å². The first-order chi connectivity index (χ1) is 16.5. The van der Waals surface area contributed by atoms with Crippen molar-refractivity contribution in [3.8, 4) is 0 Å². The molecule has 1 heterocycles. The maximum atomic E-state index is 13.7. The van der Waals surface area contributed by atoms with Crippen LogP contribution in [0.2, 0.25) is 0 Å². The Morgan fingerprint density at radius 3 is 2.44 bits per heavy atom. The van der Waals surface area contributed by atoms with Crippen molar-refractivity contribution in [3.63, 3.8) is 0 Å². The molecular weight excluding hydrogens is 432 g/mol. The molecule has 1 saturated carbocycles. The average molecular weight is 463 g/mol.